The molecule has 2 aliphatic rings. The van der Waals surface area contributed by atoms with Crippen LogP contribution in [0.15, 0.2) is 11.1 Å². The summed E-state index contributed by atoms with van der Waals surface area (Å²) in [7, 11) is -3.15. The summed E-state index contributed by atoms with van der Waals surface area (Å²) in [4.78, 5) is 13.5. The molecule has 0 saturated carbocycles. The van der Waals surface area contributed by atoms with Gasteiger partial charge in [-0.05, 0) is 31.9 Å². The van der Waals surface area contributed by atoms with Crippen molar-refractivity contribution in [2.75, 3.05) is 32.4 Å². The second-order valence-corrected chi connectivity index (χ2v) is 8.06. The highest BCUT2D eigenvalue weighted by atomic mass is 32.2. The molecule has 0 fully saturated rings. The summed E-state index contributed by atoms with van der Waals surface area (Å²) in [6.45, 7) is 7.21. The number of carbonyl (C=O) groups excluding carboxylic acids is 1. The van der Waals surface area contributed by atoms with E-state index >= 15 is 0 Å². The molecular weight excluding hydrogens is 268 g/mol. The fraction of sp³-hybridized carbons (Fsp3) is 0.750. The minimum Gasteiger partial charge on any atom is -0.444 e. The summed E-state index contributed by atoms with van der Waals surface area (Å²) >= 11 is 0. The van der Waals surface area contributed by atoms with E-state index in [0.29, 0.717) is 26.2 Å². The van der Waals surface area contributed by atoms with Crippen LogP contribution in [0.2, 0.25) is 0 Å². The van der Waals surface area contributed by atoms with Gasteiger partial charge in [0.1, 0.15) is 5.60 Å². The Kier molecular flexibility index (Phi) is 3.38. The molecule has 19 heavy (non-hydrogen) atoms. The van der Waals surface area contributed by atoms with Gasteiger partial charge in [0.2, 0.25) is 10.0 Å². The van der Waals surface area contributed by atoms with E-state index in [0.717, 1.165) is 11.1 Å². The molecule has 0 N–H and O–H groups in total. The highest BCUT2D eigenvalue weighted by Gasteiger charge is 2.36. The molecule has 0 aromatic carbocycles. The Balaban J connectivity index is 1.94. The second kappa shape index (κ2) is 4.49. The third kappa shape index (κ3) is 3.27. The van der Waals surface area contributed by atoms with Gasteiger partial charge in [0.05, 0.1) is 6.26 Å². The van der Waals surface area contributed by atoms with E-state index in [9.17, 15) is 13.2 Å². The molecule has 0 aromatic heterocycles. The van der Waals surface area contributed by atoms with Crippen LogP contribution < -0.4 is 0 Å². The van der Waals surface area contributed by atoms with Crippen LogP contribution in [-0.2, 0) is 14.8 Å². The van der Waals surface area contributed by atoms with Crippen LogP contribution in [-0.4, -0.2) is 61.8 Å². The van der Waals surface area contributed by atoms with Gasteiger partial charge in [-0.3, -0.25) is 0 Å². The Morgan fingerprint density at radius 2 is 1.58 bits per heavy atom. The van der Waals surface area contributed by atoms with E-state index in [-0.39, 0.29) is 6.09 Å². The number of sulfonamides is 1. The number of rotatable bonds is 1. The number of ether oxygens (including phenoxy) is 1. The molecule has 0 spiro atoms. The third-order valence-electron chi connectivity index (χ3n) is 3.12. The van der Waals surface area contributed by atoms with Crippen molar-refractivity contribution in [3.8, 4) is 0 Å². The van der Waals surface area contributed by atoms with Crippen LogP contribution in [0, 0.1) is 0 Å². The van der Waals surface area contributed by atoms with Gasteiger partial charge in [0.25, 0.3) is 0 Å². The molecule has 0 bridgehead atoms. The maximum atomic E-state index is 11.9. The zero-order valence-corrected chi connectivity index (χ0v) is 12.6. The number of hydrogen-bond donors (Lipinski definition) is 0. The van der Waals surface area contributed by atoms with E-state index < -0.39 is 15.6 Å². The van der Waals surface area contributed by atoms with Gasteiger partial charge in [0.15, 0.2) is 0 Å². The average Bonchev–Trinajstić information content (AvgIpc) is 2.68. The van der Waals surface area contributed by atoms with Gasteiger partial charge < -0.3 is 9.64 Å². The van der Waals surface area contributed by atoms with Crippen LogP contribution in [0.4, 0.5) is 4.79 Å². The van der Waals surface area contributed by atoms with Gasteiger partial charge >= 0.3 is 6.09 Å². The molecule has 0 aromatic rings. The molecule has 1 amide bonds. The second-order valence-electron chi connectivity index (χ2n) is 6.07. The molecule has 0 atom stereocenters. The zero-order valence-electron chi connectivity index (χ0n) is 11.8. The monoisotopic (exact) mass is 288 g/mol. The van der Waals surface area contributed by atoms with Gasteiger partial charge in [0, 0.05) is 26.2 Å². The van der Waals surface area contributed by atoms with Crippen molar-refractivity contribution < 1.29 is 17.9 Å². The lowest BCUT2D eigenvalue weighted by Crippen LogP contribution is -2.38. The predicted molar refractivity (Wildman–Crippen MR) is 71.2 cm³/mol. The number of hydrogen-bond acceptors (Lipinski definition) is 4. The number of carbonyl (C=O) groups is 1. The van der Waals surface area contributed by atoms with Crippen LogP contribution in [0.25, 0.3) is 0 Å². The van der Waals surface area contributed by atoms with Crippen molar-refractivity contribution >= 4 is 16.1 Å². The number of nitrogens with zero attached hydrogens (tertiary/aromatic N) is 2. The van der Waals surface area contributed by atoms with Crippen LogP contribution in [0.1, 0.15) is 20.8 Å². The molecule has 2 rings (SSSR count). The first-order valence-electron chi connectivity index (χ1n) is 6.19. The van der Waals surface area contributed by atoms with Crippen LogP contribution >= 0.6 is 0 Å². The Hall–Kier alpha value is -1.08. The minimum absolute atomic E-state index is 0.340. The first-order valence-corrected chi connectivity index (χ1v) is 8.04. The topological polar surface area (TPSA) is 66.9 Å². The maximum Gasteiger partial charge on any atom is 0.410 e. The highest BCUT2D eigenvalue weighted by molar-refractivity contribution is 7.88. The van der Waals surface area contributed by atoms with Crippen molar-refractivity contribution in [1.82, 2.24) is 9.21 Å². The molecular formula is C12H20N2O4S. The highest BCUT2D eigenvalue weighted by Crippen LogP contribution is 2.27. The summed E-state index contributed by atoms with van der Waals surface area (Å²) < 4.78 is 29.7. The number of amides is 1. The zero-order chi connectivity index (χ0) is 14.4. The van der Waals surface area contributed by atoms with Crippen molar-refractivity contribution in [2.24, 2.45) is 0 Å². The van der Waals surface area contributed by atoms with Gasteiger partial charge in [-0.2, -0.15) is 4.31 Å². The van der Waals surface area contributed by atoms with Gasteiger partial charge in [-0.1, -0.05) is 0 Å². The Morgan fingerprint density at radius 1 is 1.11 bits per heavy atom. The third-order valence-corrected chi connectivity index (χ3v) is 4.31. The van der Waals surface area contributed by atoms with Crippen molar-refractivity contribution in [2.45, 2.75) is 26.4 Å². The molecule has 6 nitrogen and oxygen atoms in total. The molecule has 108 valence electrons. The van der Waals surface area contributed by atoms with E-state index in [1.165, 1.54) is 10.6 Å². The van der Waals surface area contributed by atoms with E-state index in [1.54, 1.807) is 4.90 Å². The molecule has 2 aliphatic heterocycles. The van der Waals surface area contributed by atoms with Crippen molar-refractivity contribution in [3.05, 3.63) is 11.1 Å². The summed E-state index contributed by atoms with van der Waals surface area (Å²) in [5, 5.41) is 0. The lowest BCUT2D eigenvalue weighted by molar-refractivity contribution is 0.0295. The Morgan fingerprint density at radius 3 is 1.95 bits per heavy atom. The molecule has 2 heterocycles. The molecule has 0 aliphatic carbocycles. The smallest absolute Gasteiger partial charge is 0.410 e. The Bertz CT molecular complexity index is 512. The Labute approximate surface area is 114 Å². The molecule has 0 saturated heterocycles. The minimum atomic E-state index is -3.15. The first kappa shape index (κ1) is 14.3. The van der Waals surface area contributed by atoms with E-state index in [1.807, 2.05) is 20.8 Å². The predicted octanol–water partition coefficient (Wildman–Crippen LogP) is 0.809. The fourth-order valence-corrected chi connectivity index (χ4v) is 3.02. The van der Waals surface area contributed by atoms with Crippen molar-refractivity contribution in [1.29, 1.82) is 0 Å². The van der Waals surface area contributed by atoms with Crippen LogP contribution in [0.5, 0.6) is 0 Å². The molecule has 0 unspecified atom stereocenters. The lowest BCUT2D eigenvalue weighted by Gasteiger charge is -2.26. The first-order chi connectivity index (χ1) is 8.56. The summed E-state index contributed by atoms with van der Waals surface area (Å²) in [5.41, 5.74) is 1.54. The molecule has 0 radical (unpaired) electrons. The quantitative estimate of drug-likeness (QED) is 0.670. The summed E-state index contributed by atoms with van der Waals surface area (Å²) in [6, 6.07) is 0. The largest absolute Gasteiger partial charge is 0.444 e. The normalized spacial score (nSPS) is 20.9. The summed E-state index contributed by atoms with van der Waals surface area (Å²) in [5.74, 6) is 0. The average molecular weight is 288 g/mol. The maximum absolute atomic E-state index is 11.9. The SMILES string of the molecule is CC(C)(C)OC(=O)N1CC2=C(C1)CN(S(C)(=O)=O)C2. The van der Waals surface area contributed by atoms with Crippen molar-refractivity contribution in [3.63, 3.8) is 0 Å². The fourth-order valence-electron chi connectivity index (χ4n) is 2.24. The van der Waals surface area contributed by atoms with E-state index in [2.05, 4.69) is 0 Å². The van der Waals surface area contributed by atoms with E-state index in [4.69, 9.17) is 4.74 Å². The van der Waals surface area contributed by atoms with Crippen LogP contribution in [0.3, 0.4) is 0 Å². The standard InChI is InChI=1S/C12H20N2O4S/c1-12(2,3)18-11(15)13-5-9-7-14(19(4,16)17)8-10(9)6-13/h5-8H2,1-4H3. The summed E-state index contributed by atoms with van der Waals surface area (Å²) in [6.07, 6.45) is 0.869. The van der Waals surface area contributed by atoms with Gasteiger partial charge in [-0.25, -0.2) is 13.2 Å². The molecule has 7 heteroatoms. The van der Waals surface area contributed by atoms with Gasteiger partial charge in [-0.15, -0.1) is 0 Å². The lowest BCUT2D eigenvalue weighted by atomic mass is 10.2.